The summed E-state index contributed by atoms with van der Waals surface area (Å²) in [4.78, 5) is 12.3. The van der Waals surface area contributed by atoms with Crippen LogP contribution in [0.3, 0.4) is 0 Å². The topological polar surface area (TPSA) is 59.3 Å². The van der Waals surface area contributed by atoms with Crippen LogP contribution >= 0.6 is 0 Å². The lowest BCUT2D eigenvalue weighted by atomic mass is 10.0. The van der Waals surface area contributed by atoms with E-state index in [-0.39, 0.29) is 0 Å². The molecule has 0 radical (unpaired) electrons. The highest BCUT2D eigenvalue weighted by atomic mass is 16.5. The molecule has 0 heterocycles. The van der Waals surface area contributed by atoms with E-state index in [0.717, 1.165) is 12.2 Å². The Morgan fingerprint density at radius 3 is 1.17 bits per heavy atom. The molecule has 0 atom stereocenters. The van der Waals surface area contributed by atoms with Crippen LogP contribution in [-0.2, 0) is 0 Å². The molecular formula is C44H69NO3. The Morgan fingerprint density at radius 2 is 0.812 bits per heavy atom. The number of rotatable bonds is 32. The first-order chi connectivity index (χ1) is 23.7. The molecule has 0 unspecified atom stereocenters. The van der Waals surface area contributed by atoms with Crippen LogP contribution in [0, 0.1) is 11.3 Å². The van der Waals surface area contributed by atoms with Gasteiger partial charge in [-0.05, 0) is 55.0 Å². The average Bonchev–Trinajstić information content (AvgIpc) is 3.11. The SMILES string of the molecule is CCCCCCCCCCCCCCCCCCCCCCCCCCCCCCOc1ccc(C(=O)Oc2ccc(C#N)cc2)cc1. The van der Waals surface area contributed by atoms with Gasteiger partial charge in [-0.3, -0.25) is 0 Å². The highest BCUT2D eigenvalue weighted by Crippen LogP contribution is 2.19. The van der Waals surface area contributed by atoms with Crippen molar-refractivity contribution in [3.05, 3.63) is 59.7 Å². The molecule has 0 amide bonds. The Kier molecular flexibility index (Phi) is 26.1. The van der Waals surface area contributed by atoms with Crippen LogP contribution in [-0.4, -0.2) is 12.6 Å². The summed E-state index contributed by atoms with van der Waals surface area (Å²) in [6, 6.07) is 15.6. The number of benzene rings is 2. The Bertz CT molecular complexity index is 1060. The van der Waals surface area contributed by atoms with Gasteiger partial charge in [-0.15, -0.1) is 0 Å². The maximum atomic E-state index is 12.3. The first-order valence-electron chi connectivity index (χ1n) is 20.2. The third-order valence-corrected chi connectivity index (χ3v) is 9.55. The van der Waals surface area contributed by atoms with Gasteiger partial charge in [0.2, 0.25) is 0 Å². The van der Waals surface area contributed by atoms with E-state index >= 15 is 0 Å². The number of carbonyl (C=O) groups excluding carboxylic acids is 1. The molecule has 0 aliphatic carbocycles. The minimum atomic E-state index is -0.424. The Balaban J connectivity index is 1.26. The summed E-state index contributed by atoms with van der Waals surface area (Å²) in [5, 5.41) is 8.88. The number of nitriles is 1. The van der Waals surface area contributed by atoms with E-state index in [1.807, 2.05) is 12.1 Å². The van der Waals surface area contributed by atoms with Crippen LogP contribution in [0.2, 0.25) is 0 Å². The summed E-state index contributed by atoms with van der Waals surface area (Å²) >= 11 is 0. The number of unbranched alkanes of at least 4 members (excludes halogenated alkanes) is 27. The summed E-state index contributed by atoms with van der Waals surface area (Å²) < 4.78 is 11.2. The van der Waals surface area contributed by atoms with Crippen molar-refractivity contribution >= 4 is 5.97 Å². The zero-order chi connectivity index (χ0) is 34.2. The van der Waals surface area contributed by atoms with E-state index in [9.17, 15) is 4.79 Å². The van der Waals surface area contributed by atoms with E-state index in [2.05, 4.69) is 13.0 Å². The lowest BCUT2D eigenvalue weighted by Crippen LogP contribution is -2.08. The molecule has 0 saturated carbocycles. The second-order valence-corrected chi connectivity index (χ2v) is 13.9. The largest absolute Gasteiger partial charge is 0.494 e. The monoisotopic (exact) mass is 660 g/mol. The fraction of sp³-hybridized carbons (Fsp3) is 0.682. The maximum Gasteiger partial charge on any atom is 0.343 e. The van der Waals surface area contributed by atoms with Crippen LogP contribution in [0.25, 0.3) is 0 Å². The minimum absolute atomic E-state index is 0.422. The molecule has 0 bridgehead atoms. The average molecular weight is 660 g/mol. The smallest absolute Gasteiger partial charge is 0.343 e. The molecule has 0 saturated heterocycles. The molecule has 48 heavy (non-hydrogen) atoms. The van der Waals surface area contributed by atoms with Crippen molar-refractivity contribution in [1.29, 1.82) is 5.26 Å². The third-order valence-electron chi connectivity index (χ3n) is 9.55. The molecular weight excluding hydrogens is 590 g/mol. The van der Waals surface area contributed by atoms with Crippen LogP contribution < -0.4 is 9.47 Å². The number of carbonyl (C=O) groups is 1. The first kappa shape index (κ1) is 41.4. The number of nitrogens with zero attached hydrogens (tertiary/aromatic N) is 1. The molecule has 0 aliphatic rings. The summed E-state index contributed by atoms with van der Waals surface area (Å²) in [6.45, 7) is 3.00. The standard InChI is InChI=1S/C44H69NO3/c1-2-3-4-5-6-7-8-9-10-11-12-13-14-15-16-17-18-19-20-21-22-23-24-25-26-27-28-29-38-47-42-36-32-41(33-37-42)44(46)48-43-34-30-40(39-45)31-35-43/h30-37H,2-29,38H2,1H3. The number of hydrogen-bond donors (Lipinski definition) is 0. The number of esters is 1. The Labute approximate surface area is 295 Å². The van der Waals surface area contributed by atoms with Gasteiger partial charge in [0.25, 0.3) is 0 Å². The van der Waals surface area contributed by atoms with Gasteiger partial charge in [0, 0.05) is 0 Å². The number of ether oxygens (including phenoxy) is 2. The van der Waals surface area contributed by atoms with Crippen molar-refractivity contribution in [2.24, 2.45) is 0 Å². The molecule has 0 N–H and O–H groups in total. The van der Waals surface area contributed by atoms with Gasteiger partial charge in [0.05, 0.1) is 23.8 Å². The zero-order valence-electron chi connectivity index (χ0n) is 30.8. The normalized spacial score (nSPS) is 11.0. The van der Waals surface area contributed by atoms with Gasteiger partial charge >= 0.3 is 5.97 Å². The molecule has 4 nitrogen and oxygen atoms in total. The molecule has 0 aromatic heterocycles. The second-order valence-electron chi connectivity index (χ2n) is 13.9. The molecule has 0 fully saturated rings. The van der Waals surface area contributed by atoms with Crippen LogP contribution in [0.15, 0.2) is 48.5 Å². The molecule has 268 valence electrons. The molecule has 2 rings (SSSR count). The molecule has 2 aromatic carbocycles. The third kappa shape index (κ3) is 22.7. The van der Waals surface area contributed by atoms with Crippen LogP contribution in [0.5, 0.6) is 11.5 Å². The van der Waals surface area contributed by atoms with Gasteiger partial charge in [-0.2, -0.15) is 5.26 Å². The van der Waals surface area contributed by atoms with Gasteiger partial charge in [0.15, 0.2) is 0 Å². The van der Waals surface area contributed by atoms with Crippen molar-refractivity contribution in [3.63, 3.8) is 0 Å². The summed E-state index contributed by atoms with van der Waals surface area (Å²) in [6.07, 6.45) is 39.5. The fourth-order valence-electron chi connectivity index (χ4n) is 6.41. The first-order valence-corrected chi connectivity index (χ1v) is 20.2. The van der Waals surface area contributed by atoms with Crippen LogP contribution in [0.1, 0.15) is 203 Å². The lowest BCUT2D eigenvalue weighted by Gasteiger charge is -2.08. The predicted molar refractivity (Wildman–Crippen MR) is 203 cm³/mol. The fourth-order valence-corrected chi connectivity index (χ4v) is 6.41. The summed E-state index contributed by atoms with van der Waals surface area (Å²) in [5.41, 5.74) is 1.00. The number of hydrogen-bond acceptors (Lipinski definition) is 4. The van der Waals surface area contributed by atoms with E-state index < -0.39 is 5.97 Å². The Hall–Kier alpha value is -2.80. The van der Waals surface area contributed by atoms with Crippen molar-refractivity contribution < 1.29 is 14.3 Å². The predicted octanol–water partition coefficient (Wildman–Crippen LogP) is 14.1. The van der Waals surface area contributed by atoms with Crippen LogP contribution in [0.4, 0.5) is 0 Å². The van der Waals surface area contributed by atoms with Gasteiger partial charge in [-0.1, -0.05) is 180 Å². The van der Waals surface area contributed by atoms with Crippen molar-refractivity contribution in [2.45, 2.75) is 187 Å². The van der Waals surface area contributed by atoms with E-state index in [4.69, 9.17) is 14.7 Å². The quantitative estimate of drug-likeness (QED) is 0.0445. The highest BCUT2D eigenvalue weighted by Gasteiger charge is 2.09. The van der Waals surface area contributed by atoms with E-state index in [1.54, 1.807) is 36.4 Å². The second kappa shape index (κ2) is 30.3. The van der Waals surface area contributed by atoms with Gasteiger partial charge in [0.1, 0.15) is 11.5 Å². The molecule has 0 aliphatic heterocycles. The Morgan fingerprint density at radius 1 is 0.479 bits per heavy atom. The highest BCUT2D eigenvalue weighted by molar-refractivity contribution is 5.91. The van der Waals surface area contributed by atoms with E-state index in [0.29, 0.717) is 23.5 Å². The minimum Gasteiger partial charge on any atom is -0.494 e. The maximum absolute atomic E-state index is 12.3. The van der Waals surface area contributed by atoms with E-state index in [1.165, 1.54) is 173 Å². The summed E-state index contributed by atoms with van der Waals surface area (Å²) in [7, 11) is 0. The molecule has 0 spiro atoms. The zero-order valence-corrected chi connectivity index (χ0v) is 30.8. The van der Waals surface area contributed by atoms with Crippen molar-refractivity contribution in [2.75, 3.05) is 6.61 Å². The van der Waals surface area contributed by atoms with Gasteiger partial charge < -0.3 is 9.47 Å². The summed E-state index contributed by atoms with van der Waals surface area (Å²) in [5.74, 6) is 0.771. The molecule has 4 heteroatoms. The lowest BCUT2D eigenvalue weighted by molar-refractivity contribution is 0.0734. The van der Waals surface area contributed by atoms with Gasteiger partial charge in [-0.25, -0.2) is 4.79 Å². The van der Waals surface area contributed by atoms with Crippen molar-refractivity contribution in [3.8, 4) is 17.6 Å². The molecule has 2 aromatic rings. The van der Waals surface area contributed by atoms with Crippen molar-refractivity contribution in [1.82, 2.24) is 0 Å².